The molecule has 0 aromatic rings. The first-order valence-corrected chi connectivity index (χ1v) is 5.56. The summed E-state index contributed by atoms with van der Waals surface area (Å²) in [6.07, 6.45) is 3.21. The molecular formula is C11H25NO2. The van der Waals surface area contributed by atoms with Gasteiger partial charge in [0.15, 0.2) is 0 Å². The maximum Gasteiger partial charge on any atom is 0.0589 e. The lowest BCUT2D eigenvalue weighted by molar-refractivity contribution is 0.127. The second kappa shape index (κ2) is 9.44. The Hall–Kier alpha value is -0.120. The normalized spacial score (nSPS) is 11.6. The van der Waals surface area contributed by atoms with E-state index < -0.39 is 0 Å². The van der Waals surface area contributed by atoms with Crippen LogP contribution in [0.3, 0.4) is 0 Å². The summed E-state index contributed by atoms with van der Waals surface area (Å²) in [7, 11) is 1.74. The van der Waals surface area contributed by atoms with Gasteiger partial charge in [-0.15, -0.1) is 0 Å². The number of aliphatic hydroxyl groups excluding tert-OH is 1. The van der Waals surface area contributed by atoms with Crippen molar-refractivity contribution < 1.29 is 9.84 Å². The van der Waals surface area contributed by atoms with Crippen LogP contribution in [0.15, 0.2) is 0 Å². The van der Waals surface area contributed by atoms with Crippen molar-refractivity contribution in [3.63, 3.8) is 0 Å². The van der Waals surface area contributed by atoms with E-state index in [2.05, 4.69) is 18.7 Å². The number of unbranched alkanes of at least 4 members (excludes halogenated alkanes) is 2. The van der Waals surface area contributed by atoms with Crippen LogP contribution in [0.2, 0.25) is 0 Å². The van der Waals surface area contributed by atoms with Gasteiger partial charge in [0.2, 0.25) is 0 Å². The van der Waals surface area contributed by atoms with Crippen molar-refractivity contribution in [3.05, 3.63) is 0 Å². The molecule has 0 atom stereocenters. The number of rotatable bonds is 9. The smallest absolute Gasteiger partial charge is 0.0589 e. The molecule has 0 saturated carbocycles. The zero-order valence-corrected chi connectivity index (χ0v) is 9.83. The van der Waals surface area contributed by atoms with Crippen LogP contribution in [-0.4, -0.2) is 49.5 Å². The number of methoxy groups -OCH3 is 1. The third-order valence-electron chi connectivity index (χ3n) is 2.42. The number of aliphatic hydroxyl groups is 1. The molecule has 0 aromatic heterocycles. The van der Waals surface area contributed by atoms with E-state index in [1.807, 2.05) is 0 Å². The third-order valence-corrected chi connectivity index (χ3v) is 2.42. The minimum Gasteiger partial charge on any atom is -0.396 e. The molecule has 3 nitrogen and oxygen atoms in total. The molecule has 0 amide bonds. The highest BCUT2D eigenvalue weighted by atomic mass is 16.5. The molecule has 0 aliphatic rings. The lowest BCUT2D eigenvalue weighted by Crippen LogP contribution is -2.34. The van der Waals surface area contributed by atoms with E-state index in [0.717, 1.165) is 32.5 Å². The molecule has 0 spiro atoms. The molecule has 0 aromatic carbocycles. The molecule has 3 heteroatoms. The SMILES string of the molecule is COCCN(CCCCCO)C(C)C. The Labute approximate surface area is 88.1 Å². The molecule has 14 heavy (non-hydrogen) atoms. The van der Waals surface area contributed by atoms with Crippen molar-refractivity contribution in [1.82, 2.24) is 4.90 Å². The van der Waals surface area contributed by atoms with E-state index in [-0.39, 0.29) is 0 Å². The Morgan fingerprint density at radius 1 is 1.14 bits per heavy atom. The van der Waals surface area contributed by atoms with Gasteiger partial charge in [-0.05, 0) is 39.7 Å². The Morgan fingerprint density at radius 3 is 2.36 bits per heavy atom. The molecular weight excluding hydrogens is 178 g/mol. The fourth-order valence-electron chi connectivity index (χ4n) is 1.44. The van der Waals surface area contributed by atoms with Crippen molar-refractivity contribution in [3.8, 4) is 0 Å². The third kappa shape index (κ3) is 7.30. The average Bonchev–Trinajstić information content (AvgIpc) is 2.16. The average molecular weight is 203 g/mol. The van der Waals surface area contributed by atoms with Crippen molar-refractivity contribution in [2.45, 2.75) is 39.2 Å². The monoisotopic (exact) mass is 203 g/mol. The summed E-state index contributed by atoms with van der Waals surface area (Å²) >= 11 is 0. The van der Waals surface area contributed by atoms with Gasteiger partial charge in [0, 0.05) is 26.3 Å². The minimum atomic E-state index is 0.319. The van der Waals surface area contributed by atoms with Crippen LogP contribution in [0.5, 0.6) is 0 Å². The molecule has 1 N–H and O–H groups in total. The van der Waals surface area contributed by atoms with Crippen molar-refractivity contribution >= 4 is 0 Å². The predicted octanol–water partition coefficient (Wildman–Crippen LogP) is 1.51. The van der Waals surface area contributed by atoms with Crippen molar-refractivity contribution in [1.29, 1.82) is 0 Å². The molecule has 0 radical (unpaired) electrons. The maximum absolute atomic E-state index is 8.65. The molecule has 0 aliphatic heterocycles. The summed E-state index contributed by atoms with van der Waals surface area (Å²) in [6.45, 7) is 7.66. The molecule has 0 saturated heterocycles. The van der Waals surface area contributed by atoms with Crippen LogP contribution in [-0.2, 0) is 4.74 Å². The Bertz CT molecular complexity index is 118. The summed E-state index contributed by atoms with van der Waals surface area (Å²) in [6, 6.07) is 0.583. The fourth-order valence-corrected chi connectivity index (χ4v) is 1.44. The molecule has 0 aliphatic carbocycles. The minimum absolute atomic E-state index is 0.319. The molecule has 0 unspecified atom stereocenters. The first kappa shape index (κ1) is 13.9. The summed E-state index contributed by atoms with van der Waals surface area (Å²) in [5.74, 6) is 0. The van der Waals surface area contributed by atoms with E-state index in [1.54, 1.807) is 7.11 Å². The Kier molecular flexibility index (Phi) is 9.35. The summed E-state index contributed by atoms with van der Waals surface area (Å²) in [5, 5.41) is 8.65. The van der Waals surface area contributed by atoms with E-state index in [4.69, 9.17) is 9.84 Å². The van der Waals surface area contributed by atoms with Gasteiger partial charge in [-0.25, -0.2) is 0 Å². The number of nitrogens with zero attached hydrogens (tertiary/aromatic N) is 1. The van der Waals surface area contributed by atoms with Crippen LogP contribution >= 0.6 is 0 Å². The van der Waals surface area contributed by atoms with Crippen LogP contribution < -0.4 is 0 Å². The van der Waals surface area contributed by atoms with E-state index in [9.17, 15) is 0 Å². The quantitative estimate of drug-likeness (QED) is 0.577. The van der Waals surface area contributed by atoms with E-state index in [1.165, 1.54) is 6.42 Å². The lowest BCUT2D eigenvalue weighted by atomic mass is 10.2. The Morgan fingerprint density at radius 2 is 1.86 bits per heavy atom. The summed E-state index contributed by atoms with van der Waals surface area (Å²) < 4.78 is 5.07. The second-order valence-corrected chi connectivity index (χ2v) is 3.91. The Balaban J connectivity index is 3.52. The van der Waals surface area contributed by atoms with Gasteiger partial charge in [-0.3, -0.25) is 4.90 Å². The van der Waals surface area contributed by atoms with Crippen molar-refractivity contribution in [2.24, 2.45) is 0 Å². The highest BCUT2D eigenvalue weighted by molar-refractivity contribution is 4.62. The van der Waals surface area contributed by atoms with Crippen LogP contribution in [0, 0.1) is 0 Å². The van der Waals surface area contributed by atoms with Crippen molar-refractivity contribution in [2.75, 3.05) is 33.4 Å². The first-order valence-electron chi connectivity index (χ1n) is 5.56. The zero-order chi connectivity index (χ0) is 10.8. The number of hydrogen-bond acceptors (Lipinski definition) is 3. The lowest BCUT2D eigenvalue weighted by Gasteiger charge is -2.25. The standard InChI is InChI=1S/C11H25NO2/c1-11(2)12(8-10-14-3)7-5-4-6-9-13/h11,13H,4-10H2,1-3H3. The van der Waals surface area contributed by atoms with Gasteiger partial charge in [0.25, 0.3) is 0 Å². The summed E-state index contributed by atoms with van der Waals surface area (Å²) in [5.41, 5.74) is 0. The largest absolute Gasteiger partial charge is 0.396 e. The molecule has 0 heterocycles. The van der Waals surface area contributed by atoms with Gasteiger partial charge in [0.05, 0.1) is 6.61 Å². The van der Waals surface area contributed by atoms with Gasteiger partial charge < -0.3 is 9.84 Å². The predicted molar refractivity (Wildman–Crippen MR) is 59.5 cm³/mol. The maximum atomic E-state index is 8.65. The van der Waals surface area contributed by atoms with Gasteiger partial charge in [0.1, 0.15) is 0 Å². The topological polar surface area (TPSA) is 32.7 Å². The number of ether oxygens (including phenoxy) is 1. The van der Waals surface area contributed by atoms with Crippen LogP contribution in [0.25, 0.3) is 0 Å². The number of hydrogen-bond donors (Lipinski definition) is 1. The summed E-state index contributed by atoms with van der Waals surface area (Å²) in [4.78, 5) is 2.42. The molecule has 0 fully saturated rings. The highest BCUT2D eigenvalue weighted by Crippen LogP contribution is 2.02. The van der Waals surface area contributed by atoms with Gasteiger partial charge in [-0.2, -0.15) is 0 Å². The first-order chi connectivity index (χ1) is 6.72. The molecule has 86 valence electrons. The zero-order valence-electron chi connectivity index (χ0n) is 9.83. The second-order valence-electron chi connectivity index (χ2n) is 3.91. The van der Waals surface area contributed by atoms with Gasteiger partial charge in [-0.1, -0.05) is 0 Å². The highest BCUT2D eigenvalue weighted by Gasteiger charge is 2.07. The van der Waals surface area contributed by atoms with Crippen LogP contribution in [0.4, 0.5) is 0 Å². The fraction of sp³-hybridized carbons (Fsp3) is 1.00. The van der Waals surface area contributed by atoms with E-state index in [0.29, 0.717) is 12.6 Å². The molecule has 0 bridgehead atoms. The van der Waals surface area contributed by atoms with Gasteiger partial charge >= 0.3 is 0 Å². The van der Waals surface area contributed by atoms with Crippen LogP contribution in [0.1, 0.15) is 33.1 Å². The molecule has 0 rings (SSSR count). The van der Waals surface area contributed by atoms with E-state index >= 15 is 0 Å².